The number of aliphatic hydroxyl groups is 1. The molecule has 1 heterocycles. The number of likely N-dealkylation sites (tertiary alicyclic amines) is 1. The summed E-state index contributed by atoms with van der Waals surface area (Å²) in [7, 11) is 0. The molecule has 4 nitrogen and oxygen atoms in total. The van der Waals surface area contributed by atoms with E-state index in [0.29, 0.717) is 29.1 Å². The number of benzene rings is 2. The van der Waals surface area contributed by atoms with Crippen molar-refractivity contribution in [2.75, 3.05) is 6.54 Å². The molecule has 136 valence electrons. The van der Waals surface area contributed by atoms with Gasteiger partial charge in [0.15, 0.2) is 0 Å². The summed E-state index contributed by atoms with van der Waals surface area (Å²) in [5.74, 6) is -0.0881. The van der Waals surface area contributed by atoms with Crippen LogP contribution in [-0.4, -0.2) is 34.3 Å². The smallest absolute Gasteiger partial charge is 0.254 e. The van der Waals surface area contributed by atoms with E-state index in [0.717, 1.165) is 11.1 Å². The van der Waals surface area contributed by atoms with Crippen LogP contribution in [0.5, 0.6) is 0 Å². The molecule has 1 amide bonds. The van der Waals surface area contributed by atoms with Gasteiger partial charge in [0.1, 0.15) is 5.78 Å². The Morgan fingerprint density at radius 2 is 1.77 bits per heavy atom. The van der Waals surface area contributed by atoms with Gasteiger partial charge in [-0.1, -0.05) is 40.9 Å². The van der Waals surface area contributed by atoms with E-state index in [4.69, 9.17) is 11.6 Å². The predicted molar refractivity (Wildman–Crippen MR) is 101 cm³/mol. The Kier molecular flexibility index (Phi) is 5.44. The number of amides is 1. The van der Waals surface area contributed by atoms with Gasteiger partial charge in [0, 0.05) is 30.0 Å². The molecule has 3 rings (SSSR count). The predicted octanol–water partition coefficient (Wildman–Crippen LogP) is 3.86. The van der Waals surface area contributed by atoms with Crippen molar-refractivity contribution in [2.45, 2.75) is 38.8 Å². The summed E-state index contributed by atoms with van der Waals surface area (Å²) in [4.78, 5) is 26.7. The highest BCUT2D eigenvalue weighted by molar-refractivity contribution is 6.30. The quantitative estimate of drug-likeness (QED) is 0.891. The Labute approximate surface area is 158 Å². The molecule has 2 unspecified atom stereocenters. The minimum atomic E-state index is -0.939. The van der Waals surface area contributed by atoms with Gasteiger partial charge in [-0.2, -0.15) is 0 Å². The van der Waals surface area contributed by atoms with Gasteiger partial charge < -0.3 is 10.0 Å². The summed E-state index contributed by atoms with van der Waals surface area (Å²) in [5.41, 5.74) is 3.25. The van der Waals surface area contributed by atoms with Crippen molar-refractivity contribution in [1.29, 1.82) is 0 Å². The Bertz CT molecular complexity index is 811. The molecule has 1 fully saturated rings. The maximum absolute atomic E-state index is 13.1. The minimum Gasteiger partial charge on any atom is -0.386 e. The van der Waals surface area contributed by atoms with E-state index in [1.807, 2.05) is 32.0 Å². The maximum Gasteiger partial charge on any atom is 0.254 e. The highest BCUT2D eigenvalue weighted by Crippen LogP contribution is 2.29. The van der Waals surface area contributed by atoms with Crippen molar-refractivity contribution in [1.82, 2.24) is 4.90 Å². The molecular formula is C21H22ClNO3. The Morgan fingerprint density at radius 1 is 1.15 bits per heavy atom. The first-order valence-electron chi connectivity index (χ1n) is 8.69. The SMILES string of the molecule is Cc1cc(C)cc(C(=O)N2CCC(=O)CC2C(O)c2ccc(Cl)cc2)c1. The standard InChI is InChI=1S/C21H22ClNO3/c1-13-9-14(2)11-16(10-13)21(26)23-8-7-18(24)12-19(23)20(25)15-3-5-17(22)6-4-15/h3-6,9-11,19-20,25H,7-8,12H2,1-2H3. The number of hydrogen-bond acceptors (Lipinski definition) is 3. The number of nitrogens with zero attached hydrogens (tertiary/aromatic N) is 1. The van der Waals surface area contributed by atoms with Crippen LogP contribution in [0.1, 0.15) is 46.0 Å². The third-order valence-electron chi connectivity index (χ3n) is 4.77. The summed E-state index contributed by atoms with van der Waals surface area (Å²) >= 11 is 5.91. The number of carbonyl (C=O) groups is 2. The van der Waals surface area contributed by atoms with Crippen LogP contribution in [0.3, 0.4) is 0 Å². The molecule has 0 spiro atoms. The van der Waals surface area contributed by atoms with E-state index in [1.165, 1.54) is 0 Å². The minimum absolute atomic E-state index is 0.0625. The molecule has 0 radical (unpaired) electrons. The van der Waals surface area contributed by atoms with Crippen LogP contribution in [0.25, 0.3) is 0 Å². The van der Waals surface area contributed by atoms with Gasteiger partial charge in [-0.3, -0.25) is 9.59 Å². The van der Waals surface area contributed by atoms with E-state index in [-0.39, 0.29) is 18.1 Å². The van der Waals surface area contributed by atoms with Crippen molar-refractivity contribution in [2.24, 2.45) is 0 Å². The number of ketones is 1. The molecule has 0 aliphatic carbocycles. The molecule has 0 saturated carbocycles. The second kappa shape index (κ2) is 7.60. The molecule has 2 aromatic carbocycles. The lowest BCUT2D eigenvalue weighted by molar-refractivity contribution is -0.124. The van der Waals surface area contributed by atoms with Gasteiger partial charge in [0.25, 0.3) is 5.91 Å². The summed E-state index contributed by atoms with van der Waals surface area (Å²) in [5, 5.41) is 11.4. The van der Waals surface area contributed by atoms with Crippen molar-refractivity contribution < 1.29 is 14.7 Å². The lowest BCUT2D eigenvalue weighted by atomic mass is 9.91. The number of rotatable bonds is 3. The molecule has 26 heavy (non-hydrogen) atoms. The van der Waals surface area contributed by atoms with Crippen LogP contribution in [0.4, 0.5) is 0 Å². The zero-order valence-electron chi connectivity index (χ0n) is 14.9. The highest BCUT2D eigenvalue weighted by atomic mass is 35.5. The highest BCUT2D eigenvalue weighted by Gasteiger charge is 2.36. The van der Waals surface area contributed by atoms with Crippen LogP contribution < -0.4 is 0 Å². The number of Topliss-reactive ketones (excluding diaryl/α,β-unsaturated/α-hetero) is 1. The normalized spacial score (nSPS) is 18.7. The fourth-order valence-corrected chi connectivity index (χ4v) is 3.66. The van der Waals surface area contributed by atoms with Gasteiger partial charge in [0.05, 0.1) is 12.1 Å². The molecule has 0 aromatic heterocycles. The van der Waals surface area contributed by atoms with Gasteiger partial charge in [0.2, 0.25) is 0 Å². The molecule has 1 aliphatic rings. The summed E-state index contributed by atoms with van der Waals surface area (Å²) in [6.07, 6.45) is -0.466. The molecule has 2 aromatic rings. The van der Waals surface area contributed by atoms with E-state index in [9.17, 15) is 14.7 Å². The molecule has 2 atom stereocenters. The number of piperidine rings is 1. The second-order valence-electron chi connectivity index (χ2n) is 6.93. The van der Waals surface area contributed by atoms with Crippen molar-refractivity contribution in [3.63, 3.8) is 0 Å². The lowest BCUT2D eigenvalue weighted by Crippen LogP contribution is -2.49. The molecular weight excluding hydrogens is 350 g/mol. The summed E-state index contributed by atoms with van der Waals surface area (Å²) in [6.45, 7) is 4.22. The number of halogens is 1. The van der Waals surface area contributed by atoms with Crippen LogP contribution in [-0.2, 0) is 4.79 Å². The Hall–Kier alpha value is -2.17. The number of carbonyl (C=O) groups excluding carboxylic acids is 2. The van der Waals surface area contributed by atoms with Gasteiger partial charge in [-0.15, -0.1) is 0 Å². The summed E-state index contributed by atoms with van der Waals surface area (Å²) in [6, 6.07) is 12.0. The van der Waals surface area contributed by atoms with E-state index < -0.39 is 12.1 Å². The van der Waals surface area contributed by atoms with Crippen LogP contribution >= 0.6 is 11.6 Å². The second-order valence-corrected chi connectivity index (χ2v) is 7.37. The Balaban J connectivity index is 1.91. The first-order chi connectivity index (χ1) is 12.3. The molecule has 1 aliphatic heterocycles. The van der Waals surface area contributed by atoms with Gasteiger partial charge >= 0.3 is 0 Å². The average Bonchev–Trinajstić information content (AvgIpc) is 2.60. The van der Waals surface area contributed by atoms with Crippen molar-refractivity contribution >= 4 is 23.3 Å². The Morgan fingerprint density at radius 3 is 2.38 bits per heavy atom. The molecule has 0 bridgehead atoms. The average molecular weight is 372 g/mol. The van der Waals surface area contributed by atoms with E-state index in [1.54, 1.807) is 29.2 Å². The first-order valence-corrected chi connectivity index (χ1v) is 9.07. The first kappa shape index (κ1) is 18.6. The molecule has 1 N–H and O–H groups in total. The zero-order chi connectivity index (χ0) is 18.8. The number of aliphatic hydroxyl groups excluding tert-OH is 1. The topological polar surface area (TPSA) is 57.6 Å². The largest absolute Gasteiger partial charge is 0.386 e. The third kappa shape index (κ3) is 3.97. The fourth-order valence-electron chi connectivity index (χ4n) is 3.54. The number of hydrogen-bond donors (Lipinski definition) is 1. The molecule has 5 heteroatoms. The third-order valence-corrected chi connectivity index (χ3v) is 5.03. The lowest BCUT2D eigenvalue weighted by Gasteiger charge is -2.38. The fraction of sp³-hybridized carbons (Fsp3) is 0.333. The van der Waals surface area contributed by atoms with Crippen LogP contribution in [0.2, 0.25) is 5.02 Å². The van der Waals surface area contributed by atoms with Crippen molar-refractivity contribution in [3.8, 4) is 0 Å². The van der Waals surface area contributed by atoms with Gasteiger partial charge in [-0.25, -0.2) is 0 Å². The zero-order valence-corrected chi connectivity index (χ0v) is 15.7. The molecule has 1 saturated heterocycles. The monoisotopic (exact) mass is 371 g/mol. The van der Waals surface area contributed by atoms with Crippen LogP contribution in [0, 0.1) is 13.8 Å². The summed E-state index contributed by atoms with van der Waals surface area (Å²) < 4.78 is 0. The maximum atomic E-state index is 13.1. The number of aryl methyl sites for hydroxylation is 2. The van der Waals surface area contributed by atoms with Crippen LogP contribution in [0.15, 0.2) is 42.5 Å². The van der Waals surface area contributed by atoms with Gasteiger partial charge in [-0.05, 0) is 43.7 Å². The van der Waals surface area contributed by atoms with Crippen molar-refractivity contribution in [3.05, 3.63) is 69.7 Å². The van der Waals surface area contributed by atoms with E-state index in [2.05, 4.69) is 0 Å². The van der Waals surface area contributed by atoms with E-state index >= 15 is 0 Å².